The monoisotopic (exact) mass is 375 g/mol. The number of hydrogen-bond donors (Lipinski definition) is 1. The fourth-order valence-electron chi connectivity index (χ4n) is 3.18. The third-order valence-corrected chi connectivity index (χ3v) is 4.56. The van der Waals surface area contributed by atoms with E-state index in [-0.39, 0.29) is 16.9 Å². The van der Waals surface area contributed by atoms with Gasteiger partial charge in [0.25, 0.3) is 11.6 Å². The van der Waals surface area contributed by atoms with Crippen LogP contribution in [0, 0.1) is 21.7 Å². The second-order valence-corrected chi connectivity index (χ2v) is 6.44. The maximum absolute atomic E-state index is 13.7. The lowest BCUT2D eigenvalue weighted by atomic mass is 10.1. The first-order chi connectivity index (χ1) is 13.0. The molecular weight excluding hydrogens is 356 g/mol. The summed E-state index contributed by atoms with van der Waals surface area (Å²) in [6.07, 6.45) is 4.09. The van der Waals surface area contributed by atoms with E-state index in [1.165, 1.54) is 12.1 Å². The van der Waals surface area contributed by atoms with Crippen molar-refractivity contribution in [3.05, 3.63) is 63.7 Å². The summed E-state index contributed by atoms with van der Waals surface area (Å²) in [5.74, 6) is -2.24. The van der Waals surface area contributed by atoms with Gasteiger partial charge in [-0.05, 0) is 37.1 Å². The van der Waals surface area contributed by atoms with E-state index in [0.29, 0.717) is 5.69 Å². The zero-order valence-corrected chi connectivity index (χ0v) is 14.6. The molecule has 1 heterocycles. The van der Waals surface area contributed by atoms with Gasteiger partial charge in [-0.25, -0.2) is 8.78 Å². The number of halogens is 2. The van der Waals surface area contributed by atoms with E-state index in [1.54, 1.807) is 6.07 Å². The molecule has 0 saturated carbocycles. The minimum Gasteiger partial charge on any atom is -0.366 e. The van der Waals surface area contributed by atoms with Crippen molar-refractivity contribution >= 4 is 23.0 Å². The summed E-state index contributed by atoms with van der Waals surface area (Å²) in [5.41, 5.74) is -0.0252. The number of nitrogens with zero attached hydrogens (tertiary/aromatic N) is 2. The highest BCUT2D eigenvalue weighted by Crippen LogP contribution is 2.31. The number of nitrogens with one attached hydrogen (secondary N) is 1. The lowest BCUT2D eigenvalue weighted by Crippen LogP contribution is -2.25. The molecular formula is C19H19F2N3O3. The predicted octanol–water partition coefficient (Wildman–Crippen LogP) is 4.51. The molecule has 1 fully saturated rings. The summed E-state index contributed by atoms with van der Waals surface area (Å²) in [6, 6.07) is 6.86. The van der Waals surface area contributed by atoms with Crippen LogP contribution in [0.3, 0.4) is 0 Å². The summed E-state index contributed by atoms with van der Waals surface area (Å²) in [5, 5.41) is 13.8. The average molecular weight is 375 g/mol. The van der Waals surface area contributed by atoms with E-state index in [0.717, 1.165) is 57.0 Å². The number of rotatable bonds is 4. The third-order valence-electron chi connectivity index (χ3n) is 4.56. The number of benzene rings is 2. The SMILES string of the molecule is O=C(Nc1cc(F)ccc1F)c1ccc(N2CCCCCC2)c([N+](=O)[O-])c1. The van der Waals surface area contributed by atoms with Crippen molar-refractivity contribution in [2.24, 2.45) is 0 Å². The Morgan fingerprint density at radius 2 is 1.74 bits per heavy atom. The van der Waals surface area contributed by atoms with E-state index >= 15 is 0 Å². The molecule has 2 aromatic carbocycles. The molecule has 6 nitrogen and oxygen atoms in total. The normalized spacial score (nSPS) is 14.5. The van der Waals surface area contributed by atoms with Crippen molar-refractivity contribution in [1.29, 1.82) is 0 Å². The third kappa shape index (κ3) is 4.39. The summed E-state index contributed by atoms with van der Waals surface area (Å²) in [7, 11) is 0. The van der Waals surface area contributed by atoms with E-state index < -0.39 is 22.5 Å². The summed E-state index contributed by atoms with van der Waals surface area (Å²) >= 11 is 0. The molecule has 8 heteroatoms. The lowest BCUT2D eigenvalue weighted by molar-refractivity contribution is -0.384. The molecule has 0 aromatic heterocycles. The van der Waals surface area contributed by atoms with Gasteiger partial charge in [0, 0.05) is 30.8 Å². The van der Waals surface area contributed by atoms with Crippen molar-refractivity contribution in [2.45, 2.75) is 25.7 Å². The maximum Gasteiger partial charge on any atom is 0.293 e. The molecule has 3 rings (SSSR count). The van der Waals surface area contributed by atoms with Crippen LogP contribution in [0.5, 0.6) is 0 Å². The molecule has 27 heavy (non-hydrogen) atoms. The van der Waals surface area contributed by atoms with E-state index in [4.69, 9.17) is 0 Å². The van der Waals surface area contributed by atoms with Gasteiger partial charge in [-0.1, -0.05) is 12.8 Å². The van der Waals surface area contributed by atoms with Gasteiger partial charge in [0.15, 0.2) is 0 Å². The molecule has 2 aromatic rings. The molecule has 0 atom stereocenters. The molecule has 0 spiro atoms. The Balaban J connectivity index is 1.87. The smallest absolute Gasteiger partial charge is 0.293 e. The minimum atomic E-state index is -0.791. The van der Waals surface area contributed by atoms with E-state index in [9.17, 15) is 23.7 Å². The van der Waals surface area contributed by atoms with E-state index in [2.05, 4.69) is 5.32 Å². The molecule has 0 radical (unpaired) electrons. The van der Waals surface area contributed by atoms with Crippen LogP contribution in [0.4, 0.5) is 25.8 Å². The Bertz CT molecular complexity index is 865. The highest BCUT2D eigenvalue weighted by atomic mass is 19.1. The van der Waals surface area contributed by atoms with Crippen LogP contribution in [0.25, 0.3) is 0 Å². The van der Waals surface area contributed by atoms with Crippen molar-refractivity contribution in [3.8, 4) is 0 Å². The van der Waals surface area contributed by atoms with Crippen molar-refractivity contribution in [3.63, 3.8) is 0 Å². The van der Waals surface area contributed by atoms with Crippen molar-refractivity contribution < 1.29 is 18.5 Å². The van der Waals surface area contributed by atoms with Crippen LogP contribution in [0.1, 0.15) is 36.0 Å². The van der Waals surface area contributed by atoms with Gasteiger partial charge in [0.05, 0.1) is 10.6 Å². The number of carbonyl (C=O) groups excluding carboxylic acids is 1. The Labute approximate surface area is 154 Å². The van der Waals surface area contributed by atoms with Gasteiger partial charge in [-0.2, -0.15) is 0 Å². The van der Waals surface area contributed by atoms with Crippen molar-refractivity contribution in [2.75, 3.05) is 23.3 Å². The van der Waals surface area contributed by atoms with Crippen LogP contribution < -0.4 is 10.2 Å². The minimum absolute atomic E-state index is 0.00364. The number of nitro benzene ring substituents is 1. The largest absolute Gasteiger partial charge is 0.366 e. The van der Waals surface area contributed by atoms with Gasteiger partial charge >= 0.3 is 0 Å². The zero-order chi connectivity index (χ0) is 19.4. The molecule has 1 amide bonds. The summed E-state index contributed by atoms with van der Waals surface area (Å²) in [6.45, 7) is 1.45. The summed E-state index contributed by atoms with van der Waals surface area (Å²) < 4.78 is 27.0. The molecule has 0 bridgehead atoms. The highest BCUT2D eigenvalue weighted by molar-refractivity contribution is 6.05. The first-order valence-corrected chi connectivity index (χ1v) is 8.75. The molecule has 0 unspecified atom stereocenters. The standard InChI is InChI=1S/C19H19F2N3O3/c20-14-6-7-15(21)16(12-14)22-19(25)13-5-8-17(18(11-13)24(26)27)23-9-3-1-2-4-10-23/h5-8,11-12H,1-4,9-10H2,(H,22,25). The Morgan fingerprint density at radius 1 is 1.04 bits per heavy atom. The quantitative estimate of drug-likeness (QED) is 0.630. The lowest BCUT2D eigenvalue weighted by Gasteiger charge is -2.22. The zero-order valence-electron chi connectivity index (χ0n) is 14.6. The summed E-state index contributed by atoms with van der Waals surface area (Å²) in [4.78, 5) is 25.3. The number of nitro groups is 1. The van der Waals surface area contributed by atoms with Crippen LogP contribution >= 0.6 is 0 Å². The van der Waals surface area contributed by atoms with Gasteiger partial charge in [-0.3, -0.25) is 14.9 Å². The van der Waals surface area contributed by atoms with Crippen molar-refractivity contribution in [1.82, 2.24) is 0 Å². The Kier molecular flexibility index (Phi) is 5.63. The maximum atomic E-state index is 13.7. The second-order valence-electron chi connectivity index (χ2n) is 6.44. The molecule has 1 saturated heterocycles. The van der Waals surface area contributed by atoms with E-state index in [1.807, 2.05) is 4.90 Å². The fraction of sp³-hybridized carbons (Fsp3) is 0.316. The highest BCUT2D eigenvalue weighted by Gasteiger charge is 2.23. The Morgan fingerprint density at radius 3 is 2.41 bits per heavy atom. The Hall–Kier alpha value is -3.03. The number of anilines is 2. The average Bonchev–Trinajstić information content (AvgIpc) is 2.93. The van der Waals surface area contributed by atoms with Gasteiger partial charge in [-0.15, -0.1) is 0 Å². The predicted molar refractivity (Wildman–Crippen MR) is 98.1 cm³/mol. The molecule has 142 valence electrons. The van der Waals surface area contributed by atoms with Crippen LogP contribution in [0.2, 0.25) is 0 Å². The topological polar surface area (TPSA) is 75.5 Å². The fourth-order valence-corrected chi connectivity index (χ4v) is 3.18. The second kappa shape index (κ2) is 8.11. The number of carbonyl (C=O) groups is 1. The molecule has 0 aliphatic carbocycles. The first kappa shape index (κ1) is 18.8. The van der Waals surface area contributed by atoms with Gasteiger partial charge < -0.3 is 10.2 Å². The van der Waals surface area contributed by atoms with Crippen LogP contribution in [-0.2, 0) is 0 Å². The number of hydrogen-bond acceptors (Lipinski definition) is 4. The van der Waals surface area contributed by atoms with Gasteiger partial charge in [0.2, 0.25) is 0 Å². The van der Waals surface area contributed by atoms with Crippen LogP contribution in [-0.4, -0.2) is 23.9 Å². The molecule has 1 aliphatic heterocycles. The first-order valence-electron chi connectivity index (χ1n) is 8.75. The van der Waals surface area contributed by atoms with Gasteiger partial charge in [0.1, 0.15) is 17.3 Å². The number of amides is 1. The molecule has 1 aliphatic rings. The van der Waals surface area contributed by atoms with Crippen LogP contribution in [0.15, 0.2) is 36.4 Å². The molecule has 1 N–H and O–H groups in total.